The number of rotatable bonds is 6. The number of methoxy groups -OCH3 is 2. The molecule has 0 saturated heterocycles. The van der Waals surface area contributed by atoms with Crippen LogP contribution in [0, 0.1) is 0 Å². The van der Waals surface area contributed by atoms with Gasteiger partial charge in [0.1, 0.15) is 0 Å². The first-order valence-corrected chi connectivity index (χ1v) is 3.99. The molecular formula is C8H18O4. The Labute approximate surface area is 73.1 Å². The lowest BCUT2D eigenvalue weighted by atomic mass is 10.1. The number of aliphatic hydroxyl groups is 2. The SMILES string of the molecule is COCC(O)CC(O)C(C)OC. The zero-order chi connectivity index (χ0) is 9.56. The largest absolute Gasteiger partial charge is 0.391 e. The predicted octanol–water partition coefficient (Wildman–Crippen LogP) is -0.220. The molecule has 0 aromatic rings. The molecule has 0 aliphatic heterocycles. The van der Waals surface area contributed by atoms with Gasteiger partial charge in [0.15, 0.2) is 0 Å². The summed E-state index contributed by atoms with van der Waals surface area (Å²) in [6.45, 7) is 2.00. The van der Waals surface area contributed by atoms with Crippen molar-refractivity contribution in [2.75, 3.05) is 20.8 Å². The number of hydrogen-bond acceptors (Lipinski definition) is 4. The predicted molar refractivity (Wildman–Crippen MR) is 45.0 cm³/mol. The van der Waals surface area contributed by atoms with Crippen LogP contribution in [0.2, 0.25) is 0 Å². The van der Waals surface area contributed by atoms with Crippen molar-refractivity contribution >= 4 is 0 Å². The van der Waals surface area contributed by atoms with Gasteiger partial charge in [0.25, 0.3) is 0 Å². The van der Waals surface area contributed by atoms with Gasteiger partial charge in [-0.05, 0) is 6.92 Å². The van der Waals surface area contributed by atoms with Crippen LogP contribution >= 0.6 is 0 Å². The molecule has 0 bridgehead atoms. The van der Waals surface area contributed by atoms with Crippen molar-refractivity contribution in [3.05, 3.63) is 0 Å². The van der Waals surface area contributed by atoms with Crippen molar-refractivity contribution < 1.29 is 19.7 Å². The van der Waals surface area contributed by atoms with Crippen molar-refractivity contribution in [1.29, 1.82) is 0 Å². The molecule has 0 aliphatic carbocycles. The van der Waals surface area contributed by atoms with Crippen LogP contribution in [0.1, 0.15) is 13.3 Å². The summed E-state index contributed by atoms with van der Waals surface area (Å²) in [5.41, 5.74) is 0. The van der Waals surface area contributed by atoms with E-state index in [0.717, 1.165) is 0 Å². The van der Waals surface area contributed by atoms with E-state index in [0.29, 0.717) is 0 Å². The van der Waals surface area contributed by atoms with E-state index in [1.807, 2.05) is 0 Å². The number of hydrogen-bond donors (Lipinski definition) is 2. The zero-order valence-corrected chi connectivity index (χ0v) is 7.86. The molecular weight excluding hydrogens is 160 g/mol. The first-order valence-electron chi connectivity index (χ1n) is 3.99. The van der Waals surface area contributed by atoms with Gasteiger partial charge in [0, 0.05) is 20.6 Å². The zero-order valence-electron chi connectivity index (χ0n) is 7.86. The molecule has 4 nitrogen and oxygen atoms in total. The molecule has 0 aromatic carbocycles. The molecule has 0 aliphatic rings. The molecule has 12 heavy (non-hydrogen) atoms. The highest BCUT2D eigenvalue weighted by atomic mass is 16.5. The van der Waals surface area contributed by atoms with E-state index >= 15 is 0 Å². The lowest BCUT2D eigenvalue weighted by Gasteiger charge is -2.19. The lowest BCUT2D eigenvalue weighted by molar-refractivity contribution is -0.0382. The van der Waals surface area contributed by atoms with Crippen LogP contribution < -0.4 is 0 Å². The molecule has 74 valence electrons. The molecule has 3 atom stereocenters. The van der Waals surface area contributed by atoms with Crippen molar-refractivity contribution in [1.82, 2.24) is 0 Å². The molecule has 0 heterocycles. The Hall–Kier alpha value is -0.160. The Morgan fingerprint density at radius 3 is 2.25 bits per heavy atom. The van der Waals surface area contributed by atoms with Gasteiger partial charge in [-0.3, -0.25) is 0 Å². The Balaban J connectivity index is 3.59. The molecule has 0 saturated carbocycles. The number of aliphatic hydroxyl groups excluding tert-OH is 2. The summed E-state index contributed by atoms with van der Waals surface area (Å²) < 4.78 is 9.60. The van der Waals surface area contributed by atoms with E-state index in [9.17, 15) is 10.2 Å². The maximum atomic E-state index is 9.37. The molecule has 2 N–H and O–H groups in total. The van der Waals surface area contributed by atoms with Gasteiger partial charge in [-0.1, -0.05) is 0 Å². The van der Waals surface area contributed by atoms with Crippen LogP contribution in [0.4, 0.5) is 0 Å². The fourth-order valence-corrected chi connectivity index (χ4v) is 0.888. The molecule has 0 spiro atoms. The average molecular weight is 178 g/mol. The summed E-state index contributed by atoms with van der Waals surface area (Å²) in [6.07, 6.45) is -1.23. The molecule has 0 radical (unpaired) electrons. The molecule has 0 rings (SSSR count). The van der Waals surface area contributed by atoms with Crippen LogP contribution in [-0.2, 0) is 9.47 Å². The Bertz CT molecular complexity index is 107. The van der Waals surface area contributed by atoms with Gasteiger partial charge in [-0.15, -0.1) is 0 Å². The average Bonchev–Trinajstić information content (AvgIpc) is 2.03. The van der Waals surface area contributed by atoms with E-state index in [1.54, 1.807) is 6.92 Å². The minimum atomic E-state index is -0.639. The summed E-state index contributed by atoms with van der Waals surface area (Å²) in [4.78, 5) is 0. The van der Waals surface area contributed by atoms with Gasteiger partial charge >= 0.3 is 0 Å². The smallest absolute Gasteiger partial charge is 0.0824 e. The Kier molecular flexibility index (Phi) is 6.28. The summed E-state index contributed by atoms with van der Waals surface area (Å²) in [7, 11) is 3.03. The molecule has 0 aromatic heterocycles. The highest BCUT2D eigenvalue weighted by Crippen LogP contribution is 2.05. The topological polar surface area (TPSA) is 58.9 Å². The molecule has 0 fully saturated rings. The molecule has 0 amide bonds. The third-order valence-corrected chi connectivity index (χ3v) is 1.79. The third-order valence-electron chi connectivity index (χ3n) is 1.79. The van der Waals surface area contributed by atoms with Crippen molar-refractivity contribution in [3.63, 3.8) is 0 Å². The second kappa shape index (κ2) is 6.37. The standard InChI is InChI=1S/C8H18O4/c1-6(12-3)8(10)4-7(9)5-11-2/h6-10H,4-5H2,1-3H3. The minimum absolute atomic E-state index is 0.244. The fraction of sp³-hybridized carbons (Fsp3) is 1.00. The van der Waals surface area contributed by atoms with E-state index in [1.165, 1.54) is 14.2 Å². The van der Waals surface area contributed by atoms with Crippen LogP contribution in [-0.4, -0.2) is 49.4 Å². The van der Waals surface area contributed by atoms with Gasteiger partial charge in [-0.2, -0.15) is 0 Å². The minimum Gasteiger partial charge on any atom is -0.391 e. The van der Waals surface area contributed by atoms with Crippen LogP contribution in [0.5, 0.6) is 0 Å². The van der Waals surface area contributed by atoms with E-state index in [2.05, 4.69) is 0 Å². The second-order valence-electron chi connectivity index (χ2n) is 2.85. The van der Waals surface area contributed by atoms with Crippen LogP contribution in [0.15, 0.2) is 0 Å². The second-order valence-corrected chi connectivity index (χ2v) is 2.85. The molecule has 3 unspecified atom stereocenters. The summed E-state index contributed by atoms with van der Waals surface area (Å²) in [5, 5.41) is 18.6. The maximum Gasteiger partial charge on any atom is 0.0824 e. The summed E-state index contributed by atoms with van der Waals surface area (Å²) in [6, 6.07) is 0. The van der Waals surface area contributed by atoms with Gasteiger partial charge < -0.3 is 19.7 Å². The summed E-state index contributed by atoms with van der Waals surface area (Å²) >= 11 is 0. The van der Waals surface area contributed by atoms with E-state index in [4.69, 9.17) is 9.47 Å². The maximum absolute atomic E-state index is 9.37. The van der Waals surface area contributed by atoms with E-state index in [-0.39, 0.29) is 19.1 Å². The van der Waals surface area contributed by atoms with Gasteiger partial charge in [-0.25, -0.2) is 0 Å². The van der Waals surface area contributed by atoms with Gasteiger partial charge in [0.05, 0.1) is 24.9 Å². The van der Waals surface area contributed by atoms with Gasteiger partial charge in [0.2, 0.25) is 0 Å². The van der Waals surface area contributed by atoms with Crippen molar-refractivity contribution in [2.45, 2.75) is 31.7 Å². The van der Waals surface area contributed by atoms with Crippen molar-refractivity contribution in [2.24, 2.45) is 0 Å². The molecule has 4 heteroatoms. The van der Waals surface area contributed by atoms with Crippen LogP contribution in [0.25, 0.3) is 0 Å². The third kappa shape index (κ3) is 4.66. The Morgan fingerprint density at radius 1 is 1.25 bits per heavy atom. The highest BCUT2D eigenvalue weighted by Gasteiger charge is 2.17. The van der Waals surface area contributed by atoms with E-state index < -0.39 is 12.2 Å². The lowest BCUT2D eigenvalue weighted by Crippen LogP contribution is -2.30. The highest BCUT2D eigenvalue weighted by molar-refractivity contribution is 4.68. The quantitative estimate of drug-likeness (QED) is 0.590. The first kappa shape index (κ1) is 11.8. The first-order chi connectivity index (χ1) is 5.61. The monoisotopic (exact) mass is 178 g/mol. The number of ether oxygens (including phenoxy) is 2. The van der Waals surface area contributed by atoms with Crippen LogP contribution in [0.3, 0.4) is 0 Å². The van der Waals surface area contributed by atoms with Crippen molar-refractivity contribution in [3.8, 4) is 0 Å². The normalized spacial score (nSPS) is 18.8. The fourth-order valence-electron chi connectivity index (χ4n) is 0.888. The summed E-state index contributed by atoms with van der Waals surface area (Å²) in [5.74, 6) is 0. The Morgan fingerprint density at radius 2 is 1.83 bits per heavy atom.